The van der Waals surface area contributed by atoms with Crippen LogP contribution in [-0.2, 0) is 17.8 Å². The predicted molar refractivity (Wildman–Crippen MR) is 88.5 cm³/mol. The van der Waals surface area contributed by atoms with Crippen LogP contribution >= 0.6 is 0 Å². The average Bonchev–Trinajstić information content (AvgIpc) is 3.06. The van der Waals surface area contributed by atoms with Gasteiger partial charge in [-0.05, 0) is 25.1 Å². The zero-order valence-corrected chi connectivity index (χ0v) is 13.7. The van der Waals surface area contributed by atoms with E-state index in [1.807, 2.05) is 18.2 Å². The number of para-hydroxylation sites is 1. The molecule has 3 heterocycles. The molecule has 0 spiro atoms. The highest BCUT2D eigenvalue weighted by Crippen LogP contribution is 2.29. The van der Waals surface area contributed by atoms with Crippen LogP contribution in [0.4, 0.5) is 5.69 Å². The van der Waals surface area contributed by atoms with Crippen molar-refractivity contribution in [1.29, 1.82) is 0 Å². The van der Waals surface area contributed by atoms with E-state index in [9.17, 15) is 4.79 Å². The summed E-state index contributed by atoms with van der Waals surface area (Å²) in [4.78, 5) is 20.8. The summed E-state index contributed by atoms with van der Waals surface area (Å²) in [6, 6.07) is 8.11. The molecule has 0 bridgehead atoms. The highest BCUT2D eigenvalue weighted by Gasteiger charge is 2.28. The van der Waals surface area contributed by atoms with E-state index in [4.69, 9.17) is 4.52 Å². The van der Waals surface area contributed by atoms with Crippen LogP contribution in [-0.4, -0.2) is 47.6 Å². The van der Waals surface area contributed by atoms with E-state index < -0.39 is 0 Å². The number of piperazine rings is 1. The first-order chi connectivity index (χ1) is 11.7. The largest absolute Gasteiger partial charge is 0.337 e. The maximum absolute atomic E-state index is 12.3. The number of carbonyl (C=O) groups excluding carboxylic acids is 1. The number of benzene rings is 1. The summed E-state index contributed by atoms with van der Waals surface area (Å²) in [5.41, 5.74) is 2.14. The Kier molecular flexibility index (Phi) is 4.03. The van der Waals surface area contributed by atoms with Crippen LogP contribution in [0.15, 0.2) is 28.8 Å². The second-order valence-corrected chi connectivity index (χ2v) is 6.36. The van der Waals surface area contributed by atoms with Gasteiger partial charge in [-0.25, -0.2) is 0 Å². The van der Waals surface area contributed by atoms with E-state index in [-0.39, 0.29) is 11.9 Å². The van der Waals surface area contributed by atoms with Crippen LogP contribution in [0.1, 0.15) is 29.7 Å². The Morgan fingerprint density at radius 2 is 2.21 bits per heavy atom. The third-order valence-corrected chi connectivity index (χ3v) is 4.78. The van der Waals surface area contributed by atoms with Gasteiger partial charge in [0.1, 0.15) is 6.54 Å². The van der Waals surface area contributed by atoms with Crippen LogP contribution in [0.2, 0.25) is 0 Å². The third kappa shape index (κ3) is 2.81. The average molecular weight is 327 g/mol. The van der Waals surface area contributed by atoms with E-state index in [2.05, 4.69) is 33.5 Å². The summed E-state index contributed by atoms with van der Waals surface area (Å²) in [6.45, 7) is 3.05. The molecule has 0 saturated carbocycles. The molecule has 126 valence electrons. The molecule has 1 fully saturated rings. The maximum atomic E-state index is 12.3. The summed E-state index contributed by atoms with van der Waals surface area (Å²) in [5.74, 6) is 1.26. The molecule has 24 heavy (non-hydrogen) atoms. The van der Waals surface area contributed by atoms with Crippen molar-refractivity contribution in [1.82, 2.24) is 20.4 Å². The minimum absolute atomic E-state index is 0.102. The topological polar surface area (TPSA) is 74.5 Å². The van der Waals surface area contributed by atoms with Crippen LogP contribution in [0.3, 0.4) is 0 Å². The molecule has 1 atom stereocenters. The fourth-order valence-corrected chi connectivity index (χ4v) is 3.37. The standard InChI is InChI=1S/C17H21N5O2/c1-21-9-8-18-10-14(21)17-19-15(24-20-17)11-22-13-5-3-2-4-12(13)6-7-16(22)23/h2-5,14,18H,6-11H2,1H3. The molecule has 1 N–H and O–H groups in total. The summed E-state index contributed by atoms with van der Waals surface area (Å²) < 4.78 is 5.42. The first-order valence-electron chi connectivity index (χ1n) is 8.34. The summed E-state index contributed by atoms with van der Waals surface area (Å²) >= 11 is 0. The molecular weight excluding hydrogens is 306 g/mol. The number of nitrogens with one attached hydrogen (secondary N) is 1. The Hall–Kier alpha value is -2.25. The van der Waals surface area contributed by atoms with Crippen LogP contribution in [0.5, 0.6) is 0 Å². The molecule has 0 aliphatic carbocycles. The molecule has 1 unspecified atom stereocenters. The van der Waals surface area contributed by atoms with Gasteiger partial charge in [0.25, 0.3) is 0 Å². The van der Waals surface area contributed by atoms with Gasteiger partial charge in [0.15, 0.2) is 5.82 Å². The van der Waals surface area contributed by atoms with Gasteiger partial charge in [-0.2, -0.15) is 4.98 Å². The Morgan fingerprint density at radius 3 is 3.08 bits per heavy atom. The van der Waals surface area contributed by atoms with E-state index in [1.54, 1.807) is 4.90 Å². The first-order valence-corrected chi connectivity index (χ1v) is 8.34. The number of fused-ring (bicyclic) bond motifs is 1. The monoisotopic (exact) mass is 327 g/mol. The number of anilines is 1. The molecule has 2 aliphatic rings. The zero-order chi connectivity index (χ0) is 16.5. The number of amides is 1. The Labute approximate surface area is 140 Å². The minimum atomic E-state index is 0.102. The smallest absolute Gasteiger partial charge is 0.246 e. The van der Waals surface area contributed by atoms with Crippen molar-refractivity contribution in [3.63, 3.8) is 0 Å². The molecule has 2 aliphatic heterocycles. The van der Waals surface area contributed by atoms with Gasteiger partial charge >= 0.3 is 0 Å². The van der Waals surface area contributed by atoms with Crippen LogP contribution in [0, 0.1) is 0 Å². The number of aryl methyl sites for hydroxylation is 1. The van der Waals surface area contributed by atoms with Crippen molar-refractivity contribution in [2.75, 3.05) is 31.6 Å². The number of hydrogen-bond donors (Lipinski definition) is 1. The van der Waals surface area contributed by atoms with Crippen molar-refractivity contribution < 1.29 is 9.32 Å². The summed E-state index contributed by atoms with van der Waals surface area (Å²) in [6.07, 6.45) is 1.31. The van der Waals surface area contributed by atoms with E-state index in [0.29, 0.717) is 24.7 Å². The van der Waals surface area contributed by atoms with E-state index in [1.165, 1.54) is 5.56 Å². The molecule has 0 radical (unpaired) electrons. The number of rotatable bonds is 3. The van der Waals surface area contributed by atoms with Crippen molar-refractivity contribution in [3.8, 4) is 0 Å². The first kappa shape index (κ1) is 15.3. The summed E-state index contributed by atoms with van der Waals surface area (Å²) in [5, 5.41) is 7.48. The third-order valence-electron chi connectivity index (χ3n) is 4.78. The van der Waals surface area contributed by atoms with Crippen molar-refractivity contribution in [3.05, 3.63) is 41.5 Å². The molecule has 2 aromatic rings. The lowest BCUT2D eigenvalue weighted by Gasteiger charge is -2.30. The van der Waals surface area contributed by atoms with Gasteiger partial charge in [0, 0.05) is 31.7 Å². The van der Waals surface area contributed by atoms with Gasteiger partial charge < -0.3 is 14.7 Å². The predicted octanol–water partition coefficient (Wildman–Crippen LogP) is 1.13. The SMILES string of the molecule is CN1CCNCC1c1noc(CN2C(=O)CCc3ccccc32)n1. The maximum Gasteiger partial charge on any atom is 0.246 e. The molecular formula is C17H21N5O2. The Bertz CT molecular complexity index is 744. The number of likely N-dealkylation sites (N-methyl/N-ethyl adjacent to an activating group) is 1. The van der Waals surface area contributed by atoms with Crippen molar-refractivity contribution in [2.24, 2.45) is 0 Å². The van der Waals surface area contributed by atoms with Gasteiger partial charge in [-0.1, -0.05) is 23.4 Å². The number of hydrogen-bond acceptors (Lipinski definition) is 6. The van der Waals surface area contributed by atoms with Gasteiger partial charge in [0.05, 0.1) is 6.04 Å². The second-order valence-electron chi connectivity index (χ2n) is 6.36. The van der Waals surface area contributed by atoms with E-state index >= 15 is 0 Å². The molecule has 1 aromatic heterocycles. The molecule has 1 amide bonds. The highest BCUT2D eigenvalue weighted by molar-refractivity contribution is 5.96. The van der Waals surface area contributed by atoms with Crippen molar-refractivity contribution in [2.45, 2.75) is 25.4 Å². The summed E-state index contributed by atoms with van der Waals surface area (Å²) in [7, 11) is 2.06. The van der Waals surface area contributed by atoms with E-state index in [0.717, 1.165) is 31.7 Å². The lowest BCUT2D eigenvalue weighted by atomic mass is 10.0. The minimum Gasteiger partial charge on any atom is -0.337 e. The second kappa shape index (κ2) is 6.33. The number of aromatic nitrogens is 2. The van der Waals surface area contributed by atoms with Crippen molar-refractivity contribution >= 4 is 11.6 Å². The zero-order valence-electron chi connectivity index (χ0n) is 13.7. The highest BCUT2D eigenvalue weighted by atomic mass is 16.5. The Morgan fingerprint density at radius 1 is 1.33 bits per heavy atom. The molecule has 1 saturated heterocycles. The van der Waals surface area contributed by atoms with Crippen LogP contribution < -0.4 is 10.2 Å². The number of nitrogens with zero attached hydrogens (tertiary/aromatic N) is 4. The number of carbonyl (C=O) groups is 1. The Balaban J connectivity index is 1.55. The molecule has 7 heteroatoms. The van der Waals surface area contributed by atoms with Gasteiger partial charge in [-0.15, -0.1) is 0 Å². The lowest BCUT2D eigenvalue weighted by Crippen LogP contribution is -2.44. The molecule has 7 nitrogen and oxygen atoms in total. The molecule has 1 aromatic carbocycles. The van der Waals surface area contributed by atoms with Gasteiger partial charge in [-0.3, -0.25) is 9.69 Å². The quantitative estimate of drug-likeness (QED) is 0.911. The lowest BCUT2D eigenvalue weighted by molar-refractivity contribution is -0.119. The fraction of sp³-hybridized carbons (Fsp3) is 0.471. The fourth-order valence-electron chi connectivity index (χ4n) is 3.37. The van der Waals surface area contributed by atoms with Gasteiger partial charge in [0.2, 0.25) is 11.8 Å². The van der Waals surface area contributed by atoms with Crippen LogP contribution in [0.25, 0.3) is 0 Å². The molecule has 4 rings (SSSR count). The normalized spacial score (nSPS) is 21.8.